The van der Waals surface area contributed by atoms with Gasteiger partial charge in [-0.15, -0.1) is 0 Å². The summed E-state index contributed by atoms with van der Waals surface area (Å²) >= 11 is 0. The largest absolute Gasteiger partial charge is 0.479 e. The number of carbonyl (C=O) groups is 2. The highest BCUT2D eigenvalue weighted by molar-refractivity contribution is 5.99. The van der Waals surface area contributed by atoms with Gasteiger partial charge >= 0.3 is 0 Å². The Balaban J connectivity index is 2.43. The van der Waals surface area contributed by atoms with E-state index in [9.17, 15) is 9.59 Å². The van der Waals surface area contributed by atoms with Crippen molar-refractivity contribution in [3.63, 3.8) is 0 Å². The minimum absolute atomic E-state index is 0.0477. The first-order valence-electron chi connectivity index (χ1n) is 4.89. The van der Waals surface area contributed by atoms with Crippen LogP contribution < -0.4 is 0 Å². The van der Waals surface area contributed by atoms with Crippen molar-refractivity contribution in [1.82, 2.24) is 4.90 Å². The van der Waals surface area contributed by atoms with Crippen molar-refractivity contribution in [2.45, 2.75) is 26.4 Å². The first kappa shape index (κ1) is 9.96. The molecule has 2 aliphatic rings. The van der Waals surface area contributed by atoms with Crippen LogP contribution in [0.4, 0.5) is 0 Å². The van der Waals surface area contributed by atoms with Gasteiger partial charge in [-0.1, -0.05) is 0 Å². The van der Waals surface area contributed by atoms with Crippen molar-refractivity contribution in [3.05, 3.63) is 23.1 Å². The van der Waals surface area contributed by atoms with Gasteiger partial charge in [0.1, 0.15) is 5.76 Å². The number of hydrogen-bond donors (Lipinski definition) is 0. The molecule has 0 saturated carbocycles. The Morgan fingerprint density at radius 1 is 1.47 bits per heavy atom. The highest BCUT2D eigenvalue weighted by Gasteiger charge is 2.33. The second-order valence-corrected chi connectivity index (χ2v) is 3.90. The van der Waals surface area contributed by atoms with Gasteiger partial charge in [-0.25, -0.2) is 0 Å². The van der Waals surface area contributed by atoms with E-state index >= 15 is 0 Å². The molecule has 0 aromatic heterocycles. The van der Waals surface area contributed by atoms with Crippen molar-refractivity contribution in [2.24, 2.45) is 0 Å². The number of nitrogens with zero attached hydrogens (tertiary/aromatic N) is 1. The first-order chi connectivity index (χ1) is 7.00. The predicted molar refractivity (Wildman–Crippen MR) is 53.7 cm³/mol. The smallest absolute Gasteiger partial charge is 0.267 e. The molecule has 1 atom stereocenters. The number of likely N-dealkylation sites (N-methyl/N-ethyl adjacent to an activating group) is 1. The van der Waals surface area contributed by atoms with Crippen LogP contribution in [-0.2, 0) is 14.3 Å². The van der Waals surface area contributed by atoms with Gasteiger partial charge in [-0.3, -0.25) is 9.59 Å². The minimum Gasteiger partial charge on any atom is -0.479 e. The maximum absolute atomic E-state index is 11.6. The molecule has 0 N–H and O–H groups in total. The van der Waals surface area contributed by atoms with E-state index in [1.807, 2.05) is 0 Å². The Morgan fingerprint density at radius 2 is 2.13 bits per heavy atom. The summed E-state index contributed by atoms with van der Waals surface area (Å²) in [6, 6.07) is 0. The summed E-state index contributed by atoms with van der Waals surface area (Å²) in [6.45, 7) is 3.47. The Hall–Kier alpha value is -1.58. The second kappa shape index (κ2) is 3.22. The van der Waals surface area contributed by atoms with Gasteiger partial charge in [0.2, 0.25) is 0 Å². The lowest BCUT2D eigenvalue weighted by Gasteiger charge is -2.33. The zero-order valence-corrected chi connectivity index (χ0v) is 9.03. The third-order valence-corrected chi connectivity index (χ3v) is 2.79. The van der Waals surface area contributed by atoms with E-state index in [0.29, 0.717) is 17.0 Å². The molecule has 4 heteroatoms. The maximum Gasteiger partial charge on any atom is 0.267 e. The van der Waals surface area contributed by atoms with Crippen molar-refractivity contribution in [1.29, 1.82) is 0 Å². The summed E-state index contributed by atoms with van der Waals surface area (Å²) in [7, 11) is 1.68. The van der Waals surface area contributed by atoms with E-state index in [-0.39, 0.29) is 18.1 Å². The van der Waals surface area contributed by atoms with E-state index in [2.05, 4.69) is 0 Å². The van der Waals surface area contributed by atoms with Crippen molar-refractivity contribution in [2.75, 3.05) is 7.05 Å². The minimum atomic E-state index is -0.467. The van der Waals surface area contributed by atoms with Crippen LogP contribution in [-0.4, -0.2) is 29.7 Å². The number of ether oxygens (including phenoxy) is 1. The number of amides is 1. The predicted octanol–water partition coefficient (Wildman–Crippen LogP) is 0.994. The topological polar surface area (TPSA) is 46.6 Å². The van der Waals surface area contributed by atoms with Crippen LogP contribution in [0.5, 0.6) is 0 Å². The molecule has 0 saturated heterocycles. The van der Waals surface area contributed by atoms with Crippen LogP contribution in [0.25, 0.3) is 0 Å². The molecule has 80 valence electrons. The van der Waals surface area contributed by atoms with Crippen molar-refractivity contribution in [3.8, 4) is 0 Å². The molecule has 0 bridgehead atoms. The molecule has 0 aromatic carbocycles. The third kappa shape index (κ3) is 1.46. The molecule has 0 radical (unpaired) electrons. The SMILES string of the molecule is CC1=CC2=C(CC1=O)N(C)C(=O)C(C)O2. The Labute approximate surface area is 88.2 Å². The van der Waals surface area contributed by atoms with Crippen LogP contribution >= 0.6 is 0 Å². The molecule has 2 rings (SSSR count). The van der Waals surface area contributed by atoms with Gasteiger partial charge < -0.3 is 9.64 Å². The van der Waals surface area contributed by atoms with E-state index in [4.69, 9.17) is 4.74 Å². The molecule has 4 nitrogen and oxygen atoms in total. The zero-order chi connectivity index (χ0) is 11.2. The molecule has 0 aromatic rings. The highest BCUT2D eigenvalue weighted by Crippen LogP contribution is 2.29. The second-order valence-electron chi connectivity index (χ2n) is 3.90. The number of rotatable bonds is 0. The van der Waals surface area contributed by atoms with Crippen LogP contribution in [0, 0.1) is 0 Å². The summed E-state index contributed by atoms with van der Waals surface area (Å²) in [5.41, 5.74) is 1.36. The summed E-state index contributed by atoms with van der Waals surface area (Å²) in [5, 5.41) is 0. The lowest BCUT2D eigenvalue weighted by atomic mass is 9.99. The first-order valence-corrected chi connectivity index (χ1v) is 4.89. The Kier molecular flexibility index (Phi) is 2.14. The fourth-order valence-electron chi connectivity index (χ4n) is 1.77. The molecule has 15 heavy (non-hydrogen) atoms. The molecular weight excluding hydrogens is 194 g/mol. The van der Waals surface area contributed by atoms with Gasteiger partial charge in [0.15, 0.2) is 11.9 Å². The van der Waals surface area contributed by atoms with Gasteiger partial charge in [0.25, 0.3) is 5.91 Å². The van der Waals surface area contributed by atoms with Gasteiger partial charge in [-0.05, 0) is 25.5 Å². The number of hydrogen-bond acceptors (Lipinski definition) is 3. The normalized spacial score (nSPS) is 26.2. The summed E-state index contributed by atoms with van der Waals surface area (Å²) in [4.78, 5) is 24.6. The van der Waals surface area contributed by atoms with Gasteiger partial charge in [0, 0.05) is 7.05 Å². The zero-order valence-electron chi connectivity index (χ0n) is 9.03. The van der Waals surface area contributed by atoms with Gasteiger partial charge in [-0.2, -0.15) is 0 Å². The van der Waals surface area contributed by atoms with Crippen molar-refractivity contribution < 1.29 is 14.3 Å². The molecule has 0 fully saturated rings. The Morgan fingerprint density at radius 3 is 2.80 bits per heavy atom. The number of Topliss-reactive ketones (excluding diaryl/α,β-unsaturated/α-hetero) is 1. The van der Waals surface area contributed by atoms with E-state index in [1.165, 1.54) is 4.90 Å². The fraction of sp³-hybridized carbons (Fsp3) is 0.455. The standard InChI is InChI=1S/C11H13NO3/c1-6-4-10-8(5-9(6)13)12(3)11(14)7(2)15-10/h4,7H,5H2,1-3H3. The maximum atomic E-state index is 11.6. The van der Waals surface area contributed by atoms with Crippen LogP contribution in [0.2, 0.25) is 0 Å². The van der Waals surface area contributed by atoms with E-state index < -0.39 is 6.10 Å². The van der Waals surface area contributed by atoms with Crippen LogP contribution in [0.1, 0.15) is 20.3 Å². The number of allylic oxidation sites excluding steroid dienone is 3. The lowest BCUT2D eigenvalue weighted by molar-refractivity contribution is -0.140. The fourth-order valence-corrected chi connectivity index (χ4v) is 1.77. The molecular formula is C11H13NO3. The van der Waals surface area contributed by atoms with Crippen LogP contribution in [0.3, 0.4) is 0 Å². The van der Waals surface area contributed by atoms with Crippen LogP contribution in [0.15, 0.2) is 23.1 Å². The average molecular weight is 207 g/mol. The third-order valence-electron chi connectivity index (χ3n) is 2.79. The molecule has 1 unspecified atom stereocenters. The van der Waals surface area contributed by atoms with E-state index in [0.717, 1.165) is 0 Å². The molecule has 0 spiro atoms. The molecule has 1 heterocycles. The summed E-state index contributed by atoms with van der Waals surface area (Å²) in [6.07, 6.45) is 1.50. The molecule has 1 aliphatic carbocycles. The monoisotopic (exact) mass is 207 g/mol. The quantitative estimate of drug-likeness (QED) is 0.595. The highest BCUT2D eigenvalue weighted by atomic mass is 16.5. The number of carbonyl (C=O) groups excluding carboxylic acids is 2. The summed E-state index contributed by atoms with van der Waals surface area (Å²) in [5.74, 6) is 0.600. The number of ketones is 1. The molecule has 1 amide bonds. The lowest BCUT2D eigenvalue weighted by Crippen LogP contribution is -2.42. The molecule has 1 aliphatic heterocycles. The van der Waals surface area contributed by atoms with Crippen molar-refractivity contribution >= 4 is 11.7 Å². The van der Waals surface area contributed by atoms with Gasteiger partial charge in [0.05, 0.1) is 12.1 Å². The summed E-state index contributed by atoms with van der Waals surface area (Å²) < 4.78 is 5.45. The van der Waals surface area contributed by atoms with E-state index in [1.54, 1.807) is 27.0 Å². The Bertz CT molecular complexity index is 406. The average Bonchev–Trinajstić information content (AvgIpc) is 2.19.